The van der Waals surface area contributed by atoms with Crippen LogP contribution in [0.25, 0.3) is 0 Å². The average Bonchev–Trinajstić information content (AvgIpc) is 1.95. The van der Waals surface area contributed by atoms with Crippen LogP contribution in [0.2, 0.25) is 0 Å². The fourth-order valence-corrected chi connectivity index (χ4v) is 0.982. The molecule has 0 bridgehead atoms. The Morgan fingerprint density at radius 1 is 1.36 bits per heavy atom. The van der Waals surface area contributed by atoms with Gasteiger partial charge in [-0.2, -0.15) is 0 Å². The molecule has 2 nitrogen and oxygen atoms in total. The lowest BCUT2D eigenvalue weighted by Crippen LogP contribution is -1.96. The van der Waals surface area contributed by atoms with Gasteiger partial charge in [-0.15, -0.1) is 0 Å². The summed E-state index contributed by atoms with van der Waals surface area (Å²) in [6.07, 6.45) is 0. The van der Waals surface area contributed by atoms with Crippen molar-refractivity contribution < 1.29 is 4.74 Å². The largest absolute Gasteiger partial charge is 0.492 e. The summed E-state index contributed by atoms with van der Waals surface area (Å²) in [4.78, 5) is 4.27. The minimum Gasteiger partial charge on any atom is -0.492 e. The molecule has 0 saturated carbocycles. The molecule has 1 heterocycles. The van der Waals surface area contributed by atoms with Crippen molar-refractivity contribution in [1.29, 1.82) is 0 Å². The number of pyridine rings is 1. The van der Waals surface area contributed by atoms with Gasteiger partial charge in [0.05, 0.1) is 12.3 Å². The van der Waals surface area contributed by atoms with Crippen LogP contribution in [-0.2, 0) is 0 Å². The van der Waals surface area contributed by atoms with Crippen molar-refractivity contribution in [3.05, 3.63) is 23.5 Å². The van der Waals surface area contributed by atoms with Crippen LogP contribution in [0, 0.1) is 13.8 Å². The van der Waals surface area contributed by atoms with E-state index < -0.39 is 0 Å². The normalized spacial score (nSPS) is 9.73. The molecule has 0 saturated heterocycles. The molecule has 0 aromatic carbocycles. The quantitative estimate of drug-likeness (QED) is 0.645. The molecule has 0 aliphatic heterocycles. The molecule has 0 N–H and O–H groups in total. The number of hydrogen-bond donors (Lipinski definition) is 0. The molecule has 1 aromatic heterocycles. The summed E-state index contributed by atoms with van der Waals surface area (Å²) in [5, 5.41) is 0. The third-order valence-electron chi connectivity index (χ3n) is 1.48. The lowest BCUT2D eigenvalue weighted by atomic mass is 10.3. The van der Waals surface area contributed by atoms with Gasteiger partial charge in [-0.1, -0.05) is 0 Å². The Labute approximate surface area is 67.2 Å². The van der Waals surface area contributed by atoms with Gasteiger partial charge in [0, 0.05) is 5.69 Å². The van der Waals surface area contributed by atoms with Crippen LogP contribution in [0.1, 0.15) is 18.3 Å². The average molecular weight is 151 g/mol. The van der Waals surface area contributed by atoms with Crippen molar-refractivity contribution in [3.63, 3.8) is 0 Å². The van der Waals surface area contributed by atoms with Gasteiger partial charge >= 0.3 is 0 Å². The van der Waals surface area contributed by atoms with Crippen molar-refractivity contribution in [3.8, 4) is 5.75 Å². The van der Waals surface area contributed by atoms with E-state index in [4.69, 9.17) is 4.74 Å². The lowest BCUT2D eigenvalue weighted by Gasteiger charge is -2.05. The third kappa shape index (κ3) is 1.93. The molecule has 2 heteroatoms. The van der Waals surface area contributed by atoms with Gasteiger partial charge < -0.3 is 4.74 Å². The number of ether oxygens (including phenoxy) is 1. The number of nitrogens with zero attached hydrogens (tertiary/aromatic N) is 1. The number of rotatable bonds is 2. The summed E-state index contributed by atoms with van der Waals surface area (Å²) in [6.45, 7) is 6.60. The first-order valence-corrected chi connectivity index (χ1v) is 3.81. The summed E-state index contributed by atoms with van der Waals surface area (Å²) >= 11 is 0. The van der Waals surface area contributed by atoms with Gasteiger partial charge in [0.15, 0.2) is 0 Å². The van der Waals surface area contributed by atoms with Gasteiger partial charge in [0.2, 0.25) is 0 Å². The molecule has 0 unspecified atom stereocenters. The smallest absolute Gasteiger partial charge is 0.140 e. The van der Waals surface area contributed by atoms with E-state index in [0.717, 1.165) is 17.1 Å². The van der Waals surface area contributed by atoms with Crippen molar-refractivity contribution >= 4 is 0 Å². The van der Waals surface area contributed by atoms with E-state index in [1.54, 1.807) is 0 Å². The third-order valence-corrected chi connectivity index (χ3v) is 1.48. The Morgan fingerprint density at radius 2 is 2.09 bits per heavy atom. The standard InChI is InChI=1S/C9H13NO/c1-4-11-9-6-5-7(2)10-8(9)3/h5-6H,4H2,1-3H3. The monoisotopic (exact) mass is 151 g/mol. The Bertz CT molecular complexity index is 245. The Kier molecular flexibility index (Phi) is 2.47. The second-order valence-corrected chi connectivity index (χ2v) is 2.47. The maximum absolute atomic E-state index is 5.33. The summed E-state index contributed by atoms with van der Waals surface area (Å²) in [7, 11) is 0. The van der Waals surface area contributed by atoms with Gasteiger partial charge in [-0.05, 0) is 32.9 Å². The van der Waals surface area contributed by atoms with Crippen LogP contribution in [0.4, 0.5) is 0 Å². The van der Waals surface area contributed by atoms with Gasteiger partial charge in [0.1, 0.15) is 5.75 Å². The van der Waals surface area contributed by atoms with Crippen LogP contribution in [0.15, 0.2) is 12.1 Å². The molecular weight excluding hydrogens is 138 g/mol. The highest BCUT2D eigenvalue weighted by molar-refractivity contribution is 5.27. The summed E-state index contributed by atoms with van der Waals surface area (Å²) in [6, 6.07) is 3.92. The fourth-order valence-electron chi connectivity index (χ4n) is 0.982. The van der Waals surface area contributed by atoms with E-state index >= 15 is 0 Å². The number of aromatic nitrogens is 1. The maximum atomic E-state index is 5.33. The van der Waals surface area contributed by atoms with Crippen molar-refractivity contribution in [1.82, 2.24) is 4.98 Å². The first kappa shape index (κ1) is 8.05. The SMILES string of the molecule is CCOc1ccc(C)nc1C. The van der Waals surface area contributed by atoms with Crippen molar-refractivity contribution in [2.45, 2.75) is 20.8 Å². The van der Waals surface area contributed by atoms with E-state index in [1.165, 1.54) is 0 Å². The molecule has 1 aromatic rings. The molecule has 11 heavy (non-hydrogen) atoms. The van der Waals surface area contributed by atoms with E-state index in [9.17, 15) is 0 Å². The van der Waals surface area contributed by atoms with Crippen LogP contribution >= 0.6 is 0 Å². The van der Waals surface area contributed by atoms with Gasteiger partial charge in [0.25, 0.3) is 0 Å². The molecule has 0 fully saturated rings. The molecule has 0 aliphatic rings. The second-order valence-electron chi connectivity index (χ2n) is 2.47. The minimum absolute atomic E-state index is 0.700. The zero-order chi connectivity index (χ0) is 8.27. The Morgan fingerprint density at radius 3 is 2.64 bits per heavy atom. The molecule has 0 amide bonds. The van der Waals surface area contributed by atoms with Crippen molar-refractivity contribution in [2.75, 3.05) is 6.61 Å². The minimum atomic E-state index is 0.700. The van der Waals surface area contributed by atoms with Gasteiger partial charge in [-0.25, -0.2) is 0 Å². The predicted octanol–water partition coefficient (Wildman–Crippen LogP) is 2.10. The number of hydrogen-bond acceptors (Lipinski definition) is 2. The molecular formula is C9H13NO. The van der Waals surface area contributed by atoms with Gasteiger partial charge in [-0.3, -0.25) is 4.98 Å². The maximum Gasteiger partial charge on any atom is 0.140 e. The molecule has 60 valence electrons. The van der Waals surface area contributed by atoms with Crippen LogP contribution < -0.4 is 4.74 Å². The zero-order valence-electron chi connectivity index (χ0n) is 7.22. The van der Waals surface area contributed by atoms with Crippen LogP contribution in [-0.4, -0.2) is 11.6 Å². The van der Waals surface area contributed by atoms with E-state index in [1.807, 2.05) is 32.9 Å². The molecule has 0 aliphatic carbocycles. The predicted molar refractivity (Wildman–Crippen MR) is 44.9 cm³/mol. The summed E-state index contributed by atoms with van der Waals surface area (Å²) in [5.74, 6) is 0.887. The topological polar surface area (TPSA) is 22.1 Å². The van der Waals surface area contributed by atoms with Crippen LogP contribution in [0.3, 0.4) is 0 Å². The highest BCUT2D eigenvalue weighted by Gasteiger charge is 1.97. The molecule has 0 spiro atoms. The Hall–Kier alpha value is -1.05. The molecule has 1 rings (SSSR count). The highest BCUT2D eigenvalue weighted by Crippen LogP contribution is 2.14. The Balaban J connectivity index is 2.90. The summed E-state index contributed by atoms with van der Waals surface area (Å²) in [5.41, 5.74) is 2.00. The van der Waals surface area contributed by atoms with E-state index in [2.05, 4.69) is 4.98 Å². The first-order valence-electron chi connectivity index (χ1n) is 3.81. The van der Waals surface area contributed by atoms with Crippen molar-refractivity contribution in [2.24, 2.45) is 0 Å². The summed E-state index contributed by atoms with van der Waals surface area (Å²) < 4.78 is 5.33. The zero-order valence-corrected chi connectivity index (χ0v) is 7.22. The first-order chi connectivity index (χ1) is 5.24. The van der Waals surface area contributed by atoms with Crippen LogP contribution in [0.5, 0.6) is 5.75 Å². The second kappa shape index (κ2) is 3.37. The molecule has 0 radical (unpaired) electrons. The highest BCUT2D eigenvalue weighted by atomic mass is 16.5. The van der Waals surface area contributed by atoms with E-state index in [-0.39, 0.29) is 0 Å². The number of aryl methyl sites for hydroxylation is 2. The molecule has 0 atom stereocenters. The fraction of sp³-hybridized carbons (Fsp3) is 0.444. The van der Waals surface area contributed by atoms with E-state index in [0.29, 0.717) is 6.61 Å². The lowest BCUT2D eigenvalue weighted by molar-refractivity contribution is 0.336.